The van der Waals surface area contributed by atoms with Gasteiger partial charge in [-0.15, -0.1) is 0 Å². The summed E-state index contributed by atoms with van der Waals surface area (Å²) >= 11 is 0. The van der Waals surface area contributed by atoms with Crippen LogP contribution in [-0.2, 0) is 6.42 Å². The number of aliphatic hydroxyl groups excluding tert-OH is 1. The van der Waals surface area contributed by atoms with Gasteiger partial charge in [0.25, 0.3) is 0 Å². The van der Waals surface area contributed by atoms with Gasteiger partial charge in [-0.3, -0.25) is 4.79 Å². The van der Waals surface area contributed by atoms with Crippen molar-refractivity contribution in [2.24, 2.45) is 0 Å². The van der Waals surface area contributed by atoms with E-state index in [-0.39, 0.29) is 5.78 Å². The van der Waals surface area contributed by atoms with Crippen molar-refractivity contribution in [3.63, 3.8) is 0 Å². The van der Waals surface area contributed by atoms with E-state index < -0.39 is 0 Å². The van der Waals surface area contributed by atoms with Crippen LogP contribution < -0.4 is 5.32 Å². The second kappa shape index (κ2) is 13.1. The predicted octanol–water partition coefficient (Wildman–Crippen LogP) is 5.71. The maximum Gasteiger partial charge on any atom is 0.169 e. The number of ketones is 1. The van der Waals surface area contributed by atoms with Crippen LogP contribution in [0, 0.1) is 13.8 Å². The van der Waals surface area contributed by atoms with E-state index >= 15 is 0 Å². The number of aryl methyl sites for hydroxylation is 2. The van der Waals surface area contributed by atoms with E-state index in [1.54, 1.807) is 0 Å². The van der Waals surface area contributed by atoms with Crippen molar-refractivity contribution in [1.82, 2.24) is 0 Å². The molecule has 0 atom stereocenters. The monoisotopic (exact) mass is 389 g/mol. The van der Waals surface area contributed by atoms with E-state index in [4.69, 9.17) is 5.11 Å². The first-order valence-electron chi connectivity index (χ1n) is 9.53. The van der Waals surface area contributed by atoms with Crippen LogP contribution in [0.3, 0.4) is 0 Å². The van der Waals surface area contributed by atoms with Crippen molar-refractivity contribution in [3.05, 3.63) is 107 Å². The van der Waals surface area contributed by atoms with E-state index in [9.17, 15) is 4.79 Å². The molecule has 0 saturated carbocycles. The summed E-state index contributed by atoms with van der Waals surface area (Å²) in [6.07, 6.45) is 2.29. The molecule has 0 aliphatic carbocycles. The first kappa shape index (κ1) is 23.9. The SMILES string of the molecule is C=Cc1ccc(C)cc1.CNc1ccc(C)cc1C(=O)Cc1ccccc1.CO. The first-order chi connectivity index (χ1) is 14.0. The first-order valence-corrected chi connectivity index (χ1v) is 9.53. The zero-order chi connectivity index (χ0) is 21.6. The van der Waals surface area contributed by atoms with Crippen LogP contribution in [0.2, 0.25) is 0 Å². The van der Waals surface area contributed by atoms with Crippen LogP contribution in [0.4, 0.5) is 5.69 Å². The zero-order valence-electron chi connectivity index (χ0n) is 17.8. The van der Waals surface area contributed by atoms with Crippen LogP contribution >= 0.6 is 0 Å². The molecule has 3 nitrogen and oxygen atoms in total. The fourth-order valence-corrected chi connectivity index (χ4v) is 2.69. The summed E-state index contributed by atoms with van der Waals surface area (Å²) in [6, 6.07) is 24.0. The maximum atomic E-state index is 12.3. The highest BCUT2D eigenvalue weighted by Gasteiger charge is 2.11. The van der Waals surface area contributed by atoms with Crippen LogP contribution in [0.15, 0.2) is 79.4 Å². The lowest BCUT2D eigenvalue weighted by molar-refractivity contribution is 0.0993. The Balaban J connectivity index is 0.000000321. The highest BCUT2D eigenvalue weighted by atomic mass is 16.2. The van der Waals surface area contributed by atoms with Crippen molar-refractivity contribution < 1.29 is 9.90 Å². The van der Waals surface area contributed by atoms with Crippen LogP contribution in [0.5, 0.6) is 0 Å². The average molecular weight is 390 g/mol. The lowest BCUT2D eigenvalue weighted by atomic mass is 10.00. The smallest absolute Gasteiger partial charge is 0.169 e. The largest absolute Gasteiger partial charge is 0.400 e. The number of benzene rings is 3. The number of carbonyl (C=O) groups is 1. The molecule has 29 heavy (non-hydrogen) atoms. The minimum absolute atomic E-state index is 0.147. The minimum Gasteiger partial charge on any atom is -0.400 e. The van der Waals surface area contributed by atoms with Gasteiger partial charge >= 0.3 is 0 Å². The molecule has 0 radical (unpaired) electrons. The van der Waals surface area contributed by atoms with Crippen molar-refractivity contribution in [1.29, 1.82) is 0 Å². The molecule has 0 aliphatic rings. The van der Waals surface area contributed by atoms with Gasteiger partial charge < -0.3 is 10.4 Å². The summed E-state index contributed by atoms with van der Waals surface area (Å²) < 4.78 is 0. The van der Waals surface area contributed by atoms with Gasteiger partial charge in [-0.05, 0) is 37.1 Å². The number of nitrogens with one attached hydrogen (secondary N) is 1. The molecule has 2 N–H and O–H groups in total. The van der Waals surface area contributed by atoms with Gasteiger partial charge in [-0.1, -0.05) is 84.4 Å². The fraction of sp³-hybridized carbons (Fsp3) is 0.192. The lowest BCUT2D eigenvalue weighted by Crippen LogP contribution is -2.07. The summed E-state index contributed by atoms with van der Waals surface area (Å²) in [4.78, 5) is 12.3. The summed E-state index contributed by atoms with van der Waals surface area (Å²) in [5, 5.41) is 10.1. The predicted molar refractivity (Wildman–Crippen MR) is 125 cm³/mol. The van der Waals surface area contributed by atoms with E-state index in [0.29, 0.717) is 6.42 Å². The van der Waals surface area contributed by atoms with Crippen LogP contribution in [0.1, 0.15) is 32.6 Å². The number of Topliss-reactive ketones (excluding diaryl/α,β-unsaturated/α-hetero) is 1. The Morgan fingerprint density at radius 2 is 1.52 bits per heavy atom. The molecule has 3 aromatic rings. The number of hydrogen-bond donors (Lipinski definition) is 2. The summed E-state index contributed by atoms with van der Waals surface area (Å²) in [6.45, 7) is 7.74. The van der Waals surface area contributed by atoms with E-state index in [0.717, 1.165) is 29.5 Å². The highest BCUT2D eigenvalue weighted by molar-refractivity contribution is 6.02. The van der Waals surface area contributed by atoms with Gasteiger partial charge in [0.2, 0.25) is 0 Å². The third-order valence-electron chi connectivity index (χ3n) is 4.27. The summed E-state index contributed by atoms with van der Waals surface area (Å²) in [5.74, 6) is 0.147. The zero-order valence-corrected chi connectivity index (χ0v) is 17.8. The Bertz CT molecular complexity index is 884. The minimum atomic E-state index is 0.147. The molecule has 3 aromatic carbocycles. The lowest BCUT2D eigenvalue weighted by Gasteiger charge is -2.09. The van der Waals surface area contributed by atoms with Gasteiger partial charge in [-0.2, -0.15) is 0 Å². The Morgan fingerprint density at radius 1 is 0.931 bits per heavy atom. The van der Waals surface area contributed by atoms with Crippen LogP contribution in [-0.4, -0.2) is 25.0 Å². The maximum absolute atomic E-state index is 12.3. The standard InChI is InChI=1S/C16H17NO.C9H10.CH4O/c1-12-8-9-15(17-2)14(10-12)16(18)11-13-6-4-3-5-7-13;1-3-9-6-4-8(2)5-7-9;1-2/h3-10,17H,11H2,1-2H3;3-7H,1H2,2H3;2H,1H3. The average Bonchev–Trinajstić information content (AvgIpc) is 2.77. The fourth-order valence-electron chi connectivity index (χ4n) is 2.69. The van der Waals surface area contributed by atoms with E-state index in [1.807, 2.05) is 68.6 Å². The van der Waals surface area contributed by atoms with Gasteiger partial charge in [0, 0.05) is 31.8 Å². The van der Waals surface area contributed by atoms with Gasteiger partial charge in [0.15, 0.2) is 5.78 Å². The molecule has 0 spiro atoms. The molecular weight excluding hydrogens is 358 g/mol. The molecule has 0 fully saturated rings. The molecule has 3 rings (SSSR count). The molecule has 0 unspecified atom stereocenters. The van der Waals surface area contributed by atoms with Crippen molar-refractivity contribution in [2.45, 2.75) is 20.3 Å². The number of anilines is 1. The van der Waals surface area contributed by atoms with E-state index in [2.05, 4.69) is 43.1 Å². The Hall–Kier alpha value is -3.17. The molecule has 0 aromatic heterocycles. The molecule has 0 amide bonds. The van der Waals surface area contributed by atoms with Gasteiger partial charge in [0.05, 0.1) is 0 Å². The van der Waals surface area contributed by atoms with Crippen molar-refractivity contribution >= 4 is 17.5 Å². The molecule has 0 bridgehead atoms. The Labute approximate surface area is 174 Å². The highest BCUT2D eigenvalue weighted by Crippen LogP contribution is 2.19. The van der Waals surface area contributed by atoms with Gasteiger partial charge in [-0.25, -0.2) is 0 Å². The second-order valence-corrected chi connectivity index (χ2v) is 6.50. The normalized spacial score (nSPS) is 9.28. The number of hydrogen-bond acceptors (Lipinski definition) is 3. The molecular formula is C26H31NO2. The van der Waals surface area contributed by atoms with Crippen molar-refractivity contribution in [3.8, 4) is 0 Å². The Morgan fingerprint density at radius 3 is 2.07 bits per heavy atom. The number of carbonyl (C=O) groups excluding carboxylic acids is 1. The number of aliphatic hydroxyl groups is 1. The van der Waals surface area contributed by atoms with E-state index in [1.165, 1.54) is 11.1 Å². The van der Waals surface area contributed by atoms with Crippen LogP contribution in [0.25, 0.3) is 6.08 Å². The van der Waals surface area contributed by atoms with Gasteiger partial charge in [0.1, 0.15) is 0 Å². The molecule has 152 valence electrons. The second-order valence-electron chi connectivity index (χ2n) is 6.50. The third kappa shape index (κ3) is 8.16. The summed E-state index contributed by atoms with van der Waals surface area (Å²) in [7, 11) is 2.84. The molecule has 3 heteroatoms. The number of rotatable bonds is 5. The molecule has 0 aliphatic heterocycles. The topological polar surface area (TPSA) is 49.3 Å². The third-order valence-corrected chi connectivity index (χ3v) is 4.27. The van der Waals surface area contributed by atoms with Crippen molar-refractivity contribution in [2.75, 3.05) is 19.5 Å². The Kier molecular flexibility index (Phi) is 10.8. The molecule has 0 heterocycles. The molecule has 0 saturated heterocycles. The quantitative estimate of drug-likeness (QED) is 0.550. The summed E-state index contributed by atoms with van der Waals surface area (Å²) in [5.41, 5.74) is 6.28.